The highest BCUT2D eigenvalue weighted by Crippen LogP contribution is 2.27. The summed E-state index contributed by atoms with van der Waals surface area (Å²) >= 11 is 0. The Kier molecular flexibility index (Phi) is 6.95. The molecule has 0 saturated heterocycles. The van der Waals surface area contributed by atoms with Gasteiger partial charge in [-0.3, -0.25) is 4.31 Å². The molecule has 4 nitrogen and oxygen atoms in total. The molecule has 3 aromatic rings. The van der Waals surface area contributed by atoms with Crippen LogP contribution in [0.25, 0.3) is 6.08 Å². The molecule has 0 heterocycles. The third-order valence-corrected chi connectivity index (χ3v) is 6.44. The van der Waals surface area contributed by atoms with E-state index in [1.54, 1.807) is 36.4 Å². The average molecular weight is 422 g/mol. The van der Waals surface area contributed by atoms with Crippen molar-refractivity contribution >= 4 is 21.8 Å². The Bertz CT molecular complexity index is 1090. The zero-order valence-electron chi connectivity index (χ0n) is 17.6. The van der Waals surface area contributed by atoms with E-state index in [0.29, 0.717) is 18.0 Å². The molecule has 0 unspecified atom stereocenters. The number of benzene rings is 3. The molecule has 0 bridgehead atoms. The van der Waals surface area contributed by atoms with Crippen LogP contribution in [0.2, 0.25) is 0 Å². The van der Waals surface area contributed by atoms with Crippen molar-refractivity contribution in [3.05, 3.63) is 95.6 Å². The molecule has 0 radical (unpaired) electrons. The fourth-order valence-electron chi connectivity index (χ4n) is 3.13. The summed E-state index contributed by atoms with van der Waals surface area (Å²) in [7, 11) is -3.73. The fourth-order valence-corrected chi connectivity index (χ4v) is 4.64. The van der Waals surface area contributed by atoms with Crippen molar-refractivity contribution in [2.45, 2.75) is 25.7 Å². The van der Waals surface area contributed by atoms with Crippen LogP contribution < -0.4 is 9.04 Å². The van der Waals surface area contributed by atoms with Gasteiger partial charge in [-0.25, -0.2) is 8.42 Å². The second-order valence-corrected chi connectivity index (χ2v) is 9.02. The SMILES string of the molecule is CCOc1ccc(N(C/C(C)=C/c2ccccc2)S(=O)(=O)c2ccc(C)cc2)cc1. The highest BCUT2D eigenvalue weighted by Gasteiger charge is 2.25. The van der Waals surface area contributed by atoms with Gasteiger partial charge >= 0.3 is 0 Å². The second-order valence-electron chi connectivity index (χ2n) is 7.15. The van der Waals surface area contributed by atoms with Crippen LogP contribution in [0.3, 0.4) is 0 Å². The Labute approximate surface area is 179 Å². The molecule has 0 saturated carbocycles. The second kappa shape index (κ2) is 9.63. The van der Waals surface area contributed by atoms with E-state index in [-0.39, 0.29) is 11.4 Å². The standard InChI is InChI=1S/C25H27NO3S/c1-4-29-24-14-12-23(13-15-24)26(19-21(3)18-22-8-6-5-7-9-22)30(27,28)25-16-10-20(2)11-17-25/h5-18H,4,19H2,1-3H3/b21-18+. The zero-order valence-corrected chi connectivity index (χ0v) is 18.4. The van der Waals surface area contributed by atoms with Crippen LogP contribution in [0.1, 0.15) is 25.0 Å². The van der Waals surface area contributed by atoms with E-state index in [4.69, 9.17) is 4.74 Å². The fraction of sp³-hybridized carbons (Fsp3) is 0.200. The molecule has 156 valence electrons. The number of sulfonamides is 1. The Morgan fingerprint density at radius 1 is 0.933 bits per heavy atom. The number of anilines is 1. The van der Waals surface area contributed by atoms with Crippen molar-refractivity contribution in [3.8, 4) is 5.75 Å². The largest absolute Gasteiger partial charge is 0.494 e. The molecule has 3 aromatic carbocycles. The zero-order chi connectivity index (χ0) is 21.6. The summed E-state index contributed by atoms with van der Waals surface area (Å²) < 4.78 is 34.0. The van der Waals surface area contributed by atoms with Crippen molar-refractivity contribution in [1.82, 2.24) is 0 Å². The van der Waals surface area contributed by atoms with Crippen LogP contribution in [0.4, 0.5) is 5.69 Å². The monoisotopic (exact) mass is 421 g/mol. The van der Waals surface area contributed by atoms with Crippen LogP contribution in [-0.4, -0.2) is 21.6 Å². The Balaban J connectivity index is 1.99. The molecule has 0 aliphatic heterocycles. The van der Waals surface area contributed by atoms with Gasteiger partial charge < -0.3 is 4.74 Å². The van der Waals surface area contributed by atoms with Gasteiger partial charge in [0.25, 0.3) is 10.0 Å². The molecular formula is C25H27NO3S. The van der Waals surface area contributed by atoms with E-state index in [1.807, 2.05) is 69.3 Å². The average Bonchev–Trinajstić information content (AvgIpc) is 2.74. The summed E-state index contributed by atoms with van der Waals surface area (Å²) in [5.41, 5.74) is 3.58. The summed E-state index contributed by atoms with van der Waals surface area (Å²) in [6.45, 7) is 6.61. The van der Waals surface area contributed by atoms with Gasteiger partial charge in [0.05, 0.1) is 23.7 Å². The third-order valence-electron chi connectivity index (χ3n) is 4.65. The highest BCUT2D eigenvalue weighted by molar-refractivity contribution is 7.92. The first-order valence-electron chi connectivity index (χ1n) is 9.94. The number of rotatable bonds is 8. The minimum Gasteiger partial charge on any atom is -0.494 e. The van der Waals surface area contributed by atoms with E-state index in [0.717, 1.165) is 16.7 Å². The molecule has 5 heteroatoms. The van der Waals surface area contributed by atoms with Crippen molar-refractivity contribution in [1.29, 1.82) is 0 Å². The topological polar surface area (TPSA) is 46.6 Å². The summed E-state index contributed by atoms with van der Waals surface area (Å²) in [4.78, 5) is 0.273. The van der Waals surface area contributed by atoms with E-state index in [9.17, 15) is 8.42 Å². The predicted octanol–water partition coefficient (Wildman–Crippen LogP) is 5.69. The lowest BCUT2D eigenvalue weighted by Crippen LogP contribution is -2.32. The molecule has 0 aliphatic rings. The summed E-state index contributed by atoms with van der Waals surface area (Å²) in [6, 6.07) is 24.0. The molecule has 0 aromatic heterocycles. The van der Waals surface area contributed by atoms with Gasteiger partial charge in [-0.05, 0) is 62.7 Å². The number of aryl methyl sites for hydroxylation is 1. The van der Waals surface area contributed by atoms with Crippen LogP contribution in [-0.2, 0) is 10.0 Å². The number of hydrogen-bond acceptors (Lipinski definition) is 3. The number of ether oxygens (including phenoxy) is 1. The van der Waals surface area contributed by atoms with Gasteiger partial charge in [-0.2, -0.15) is 0 Å². The van der Waals surface area contributed by atoms with Gasteiger partial charge in [-0.1, -0.05) is 59.7 Å². The molecule has 0 N–H and O–H groups in total. The van der Waals surface area contributed by atoms with Crippen molar-refractivity contribution in [2.75, 3.05) is 17.5 Å². The molecular weight excluding hydrogens is 394 g/mol. The molecule has 0 aliphatic carbocycles. The summed E-state index contributed by atoms with van der Waals surface area (Å²) in [5, 5.41) is 0. The summed E-state index contributed by atoms with van der Waals surface area (Å²) in [5.74, 6) is 0.713. The Morgan fingerprint density at radius 2 is 1.57 bits per heavy atom. The minimum absolute atomic E-state index is 0.249. The smallest absolute Gasteiger partial charge is 0.264 e. The maximum atomic E-state index is 13.5. The van der Waals surface area contributed by atoms with Crippen LogP contribution in [0, 0.1) is 6.92 Å². The molecule has 0 spiro atoms. The van der Waals surface area contributed by atoms with Crippen molar-refractivity contribution in [2.24, 2.45) is 0 Å². The minimum atomic E-state index is -3.73. The van der Waals surface area contributed by atoms with Gasteiger partial charge in [0, 0.05) is 0 Å². The predicted molar refractivity (Wildman–Crippen MR) is 123 cm³/mol. The number of nitrogens with zero attached hydrogens (tertiary/aromatic N) is 1. The van der Waals surface area contributed by atoms with Gasteiger partial charge in [0.15, 0.2) is 0 Å². The van der Waals surface area contributed by atoms with E-state index in [1.165, 1.54) is 4.31 Å². The van der Waals surface area contributed by atoms with Gasteiger partial charge in [0.1, 0.15) is 5.75 Å². The van der Waals surface area contributed by atoms with E-state index < -0.39 is 10.0 Å². The van der Waals surface area contributed by atoms with Crippen molar-refractivity contribution in [3.63, 3.8) is 0 Å². The molecule has 30 heavy (non-hydrogen) atoms. The van der Waals surface area contributed by atoms with E-state index >= 15 is 0 Å². The lowest BCUT2D eigenvalue weighted by atomic mass is 10.1. The lowest BCUT2D eigenvalue weighted by molar-refractivity contribution is 0.340. The van der Waals surface area contributed by atoms with Crippen LogP contribution in [0.15, 0.2) is 89.3 Å². The maximum Gasteiger partial charge on any atom is 0.264 e. The highest BCUT2D eigenvalue weighted by atomic mass is 32.2. The molecule has 0 fully saturated rings. The molecule has 0 amide bonds. The first kappa shape index (κ1) is 21.7. The molecule has 3 rings (SSSR count). The number of hydrogen-bond donors (Lipinski definition) is 0. The first-order valence-corrected chi connectivity index (χ1v) is 11.4. The van der Waals surface area contributed by atoms with Gasteiger partial charge in [-0.15, -0.1) is 0 Å². The summed E-state index contributed by atoms with van der Waals surface area (Å²) in [6.07, 6.45) is 2.01. The normalized spacial score (nSPS) is 11.9. The Morgan fingerprint density at radius 3 is 2.17 bits per heavy atom. The Hall–Kier alpha value is -3.05. The quantitative estimate of drug-likeness (QED) is 0.469. The van der Waals surface area contributed by atoms with Crippen molar-refractivity contribution < 1.29 is 13.2 Å². The first-order chi connectivity index (χ1) is 14.4. The maximum absolute atomic E-state index is 13.5. The lowest BCUT2D eigenvalue weighted by Gasteiger charge is -2.25. The van der Waals surface area contributed by atoms with Crippen LogP contribution in [0.5, 0.6) is 5.75 Å². The van der Waals surface area contributed by atoms with Crippen LogP contribution >= 0.6 is 0 Å². The van der Waals surface area contributed by atoms with E-state index in [2.05, 4.69) is 0 Å². The molecule has 0 atom stereocenters. The third kappa shape index (κ3) is 5.30. The van der Waals surface area contributed by atoms with Gasteiger partial charge in [0.2, 0.25) is 0 Å².